The van der Waals surface area contributed by atoms with E-state index in [1.54, 1.807) is 24.4 Å². The molecular weight excluding hydrogens is 473 g/mol. The number of aromatic nitrogens is 5. The molecule has 11 heteroatoms. The number of benzene rings is 2. The number of esters is 1. The number of nitrogens with zero attached hydrogens (tertiary/aromatic N) is 4. The van der Waals surface area contributed by atoms with Gasteiger partial charge in [-0.3, -0.25) is 10.8 Å². The van der Waals surface area contributed by atoms with E-state index in [1.165, 1.54) is 12.1 Å². The summed E-state index contributed by atoms with van der Waals surface area (Å²) < 4.78 is 41.8. The van der Waals surface area contributed by atoms with E-state index < -0.39 is 18.4 Å². The Hall–Kier alpha value is -4.64. The third-order valence-corrected chi connectivity index (χ3v) is 5.33. The number of fused-ring (bicyclic) bond motifs is 1. The second-order valence-electron chi connectivity index (χ2n) is 7.74. The van der Waals surface area contributed by atoms with Gasteiger partial charge in [0.2, 0.25) is 0 Å². The number of ether oxygens (including phenoxy) is 1. The van der Waals surface area contributed by atoms with E-state index in [2.05, 4.69) is 19.9 Å². The summed E-state index contributed by atoms with van der Waals surface area (Å²) >= 11 is 0. The summed E-state index contributed by atoms with van der Waals surface area (Å²) in [6, 6.07) is 21.0. The Kier molecular flexibility index (Phi) is 5.90. The average Bonchev–Trinajstić information content (AvgIpc) is 3.43. The van der Waals surface area contributed by atoms with E-state index in [0.717, 1.165) is 11.3 Å². The lowest BCUT2D eigenvalue weighted by atomic mass is 10.0. The van der Waals surface area contributed by atoms with E-state index in [1.807, 2.05) is 42.5 Å². The maximum atomic E-state index is 12.5. The predicted molar refractivity (Wildman–Crippen MR) is 125 cm³/mol. The van der Waals surface area contributed by atoms with Crippen molar-refractivity contribution in [2.24, 2.45) is 5.73 Å². The molecule has 0 amide bonds. The minimum Gasteiger partial charge on any atom is -0.436 e. The highest BCUT2D eigenvalue weighted by molar-refractivity contribution is 5.85. The Morgan fingerprint density at radius 1 is 0.861 bits per heavy atom. The number of halogens is 3. The number of carbonyl (C=O) groups excluding carboxylic acids is 1. The van der Waals surface area contributed by atoms with Gasteiger partial charge in [0.1, 0.15) is 5.52 Å². The summed E-state index contributed by atoms with van der Waals surface area (Å²) in [5.41, 5.74) is 10.7. The van der Waals surface area contributed by atoms with Crippen molar-refractivity contribution in [3.63, 3.8) is 0 Å². The fourth-order valence-corrected chi connectivity index (χ4v) is 3.57. The molecule has 1 atom stereocenters. The fraction of sp³-hybridized carbons (Fsp3) is 0.0800. The molecule has 2 aromatic carbocycles. The van der Waals surface area contributed by atoms with Crippen molar-refractivity contribution in [1.82, 2.24) is 25.1 Å². The van der Waals surface area contributed by atoms with E-state index >= 15 is 0 Å². The van der Waals surface area contributed by atoms with Gasteiger partial charge in [0.15, 0.2) is 11.9 Å². The standard InChI is InChI=1S/C25H17F3N6O2/c26-25(27,28)24(35)36-22(29)16-8-6-15(7-9-16)21-20(14-4-2-1-3-5-14)31-19-11-10-17(32-23(19)33-21)18-12-13-30-34-18/h1-13,22H,29H2,(H,30,34). The minimum atomic E-state index is -5.13. The van der Waals surface area contributed by atoms with Crippen LogP contribution in [-0.2, 0) is 9.53 Å². The molecular formula is C25H17F3N6O2. The van der Waals surface area contributed by atoms with Crippen LogP contribution in [-0.4, -0.2) is 37.3 Å². The van der Waals surface area contributed by atoms with Gasteiger partial charge in [-0.1, -0.05) is 54.6 Å². The number of nitrogens with one attached hydrogen (secondary N) is 1. The fourth-order valence-electron chi connectivity index (χ4n) is 3.57. The van der Waals surface area contributed by atoms with Crippen LogP contribution in [0.5, 0.6) is 0 Å². The number of aromatic amines is 1. The maximum Gasteiger partial charge on any atom is 0.490 e. The van der Waals surface area contributed by atoms with Crippen LogP contribution in [0, 0.1) is 0 Å². The molecule has 5 aromatic rings. The zero-order valence-electron chi connectivity index (χ0n) is 18.4. The zero-order valence-corrected chi connectivity index (χ0v) is 18.4. The molecule has 3 N–H and O–H groups in total. The molecule has 36 heavy (non-hydrogen) atoms. The normalized spacial score (nSPS) is 12.4. The Morgan fingerprint density at radius 3 is 2.22 bits per heavy atom. The molecule has 0 saturated heterocycles. The molecule has 0 aliphatic heterocycles. The van der Waals surface area contributed by atoms with Crippen molar-refractivity contribution in [2.75, 3.05) is 0 Å². The lowest BCUT2D eigenvalue weighted by Gasteiger charge is -2.15. The number of hydrogen-bond donors (Lipinski definition) is 2. The topological polar surface area (TPSA) is 120 Å². The molecule has 0 radical (unpaired) electrons. The van der Waals surface area contributed by atoms with Crippen molar-refractivity contribution in [3.8, 4) is 33.9 Å². The number of pyridine rings is 1. The molecule has 8 nitrogen and oxygen atoms in total. The van der Waals surface area contributed by atoms with Gasteiger partial charge in [-0.15, -0.1) is 0 Å². The summed E-state index contributed by atoms with van der Waals surface area (Å²) in [6.45, 7) is 0. The van der Waals surface area contributed by atoms with E-state index in [-0.39, 0.29) is 5.56 Å². The summed E-state index contributed by atoms with van der Waals surface area (Å²) in [5.74, 6) is -2.36. The lowest BCUT2D eigenvalue weighted by Crippen LogP contribution is -2.29. The van der Waals surface area contributed by atoms with Gasteiger partial charge < -0.3 is 4.74 Å². The third kappa shape index (κ3) is 4.64. The molecule has 3 heterocycles. The number of alkyl halides is 3. The Morgan fingerprint density at radius 2 is 1.56 bits per heavy atom. The van der Waals surface area contributed by atoms with Gasteiger partial charge in [-0.2, -0.15) is 18.3 Å². The van der Waals surface area contributed by atoms with Crippen LogP contribution in [0.15, 0.2) is 79.0 Å². The second kappa shape index (κ2) is 9.19. The second-order valence-corrected chi connectivity index (χ2v) is 7.74. The summed E-state index contributed by atoms with van der Waals surface area (Å²) in [4.78, 5) is 25.3. The Labute approximate surface area is 202 Å². The first-order valence-corrected chi connectivity index (χ1v) is 10.7. The number of rotatable bonds is 5. The van der Waals surface area contributed by atoms with Gasteiger partial charge in [0, 0.05) is 22.9 Å². The van der Waals surface area contributed by atoms with E-state index in [0.29, 0.717) is 33.8 Å². The zero-order chi connectivity index (χ0) is 25.3. The largest absolute Gasteiger partial charge is 0.490 e. The van der Waals surface area contributed by atoms with Crippen LogP contribution in [0.3, 0.4) is 0 Å². The first-order valence-electron chi connectivity index (χ1n) is 10.7. The number of H-pyrrole nitrogens is 1. The van der Waals surface area contributed by atoms with Crippen LogP contribution in [0.1, 0.15) is 11.8 Å². The highest BCUT2D eigenvalue weighted by atomic mass is 19.4. The molecule has 0 fully saturated rings. The third-order valence-electron chi connectivity index (χ3n) is 5.33. The molecule has 0 aliphatic carbocycles. The SMILES string of the molecule is NC(OC(=O)C(F)(F)F)c1ccc(-c2nc3nc(-c4ccn[nH]4)ccc3nc2-c2ccccc2)cc1. The van der Waals surface area contributed by atoms with Crippen LogP contribution in [0.2, 0.25) is 0 Å². The molecule has 180 valence electrons. The monoisotopic (exact) mass is 490 g/mol. The molecule has 0 bridgehead atoms. The van der Waals surface area contributed by atoms with Gasteiger partial charge >= 0.3 is 12.1 Å². The number of carbonyl (C=O) groups is 1. The molecule has 0 aliphatic rings. The van der Waals surface area contributed by atoms with Crippen molar-refractivity contribution in [1.29, 1.82) is 0 Å². The maximum absolute atomic E-state index is 12.5. The minimum absolute atomic E-state index is 0.186. The van der Waals surface area contributed by atoms with Crippen LogP contribution < -0.4 is 5.73 Å². The van der Waals surface area contributed by atoms with Crippen molar-refractivity contribution >= 4 is 17.1 Å². The molecule has 0 spiro atoms. The van der Waals surface area contributed by atoms with Crippen molar-refractivity contribution in [2.45, 2.75) is 12.4 Å². The van der Waals surface area contributed by atoms with Gasteiger partial charge in [0.05, 0.1) is 22.8 Å². The highest BCUT2D eigenvalue weighted by Crippen LogP contribution is 2.32. The highest BCUT2D eigenvalue weighted by Gasteiger charge is 2.42. The molecule has 3 aromatic heterocycles. The quantitative estimate of drug-likeness (QED) is 0.268. The lowest BCUT2D eigenvalue weighted by molar-refractivity contribution is -0.205. The van der Waals surface area contributed by atoms with Gasteiger partial charge in [-0.25, -0.2) is 19.7 Å². The van der Waals surface area contributed by atoms with Crippen LogP contribution >= 0.6 is 0 Å². The Balaban J connectivity index is 1.56. The molecule has 5 rings (SSSR count). The Bertz CT molecular complexity index is 1520. The summed E-state index contributed by atoms with van der Waals surface area (Å²) in [5, 5.41) is 6.81. The van der Waals surface area contributed by atoms with Gasteiger partial charge in [0.25, 0.3) is 0 Å². The number of hydrogen-bond acceptors (Lipinski definition) is 7. The van der Waals surface area contributed by atoms with Gasteiger partial charge in [-0.05, 0) is 18.2 Å². The number of nitrogens with two attached hydrogens (primary N) is 1. The van der Waals surface area contributed by atoms with Crippen LogP contribution in [0.4, 0.5) is 13.2 Å². The van der Waals surface area contributed by atoms with E-state index in [9.17, 15) is 18.0 Å². The first kappa shape index (κ1) is 23.1. The van der Waals surface area contributed by atoms with Crippen molar-refractivity contribution < 1.29 is 22.7 Å². The van der Waals surface area contributed by atoms with E-state index in [4.69, 9.17) is 15.7 Å². The van der Waals surface area contributed by atoms with Crippen molar-refractivity contribution in [3.05, 3.63) is 84.6 Å². The summed E-state index contributed by atoms with van der Waals surface area (Å²) in [7, 11) is 0. The smallest absolute Gasteiger partial charge is 0.436 e. The summed E-state index contributed by atoms with van der Waals surface area (Å²) in [6.07, 6.45) is -5.09. The first-order chi connectivity index (χ1) is 17.3. The predicted octanol–water partition coefficient (Wildman–Crippen LogP) is 4.81. The molecule has 0 saturated carbocycles. The average molecular weight is 490 g/mol. The van der Waals surface area contributed by atoms with Crippen LogP contribution in [0.25, 0.3) is 45.1 Å². The molecule has 1 unspecified atom stereocenters.